The van der Waals surface area contributed by atoms with E-state index >= 15 is 0 Å². The van der Waals surface area contributed by atoms with Gasteiger partial charge in [-0.05, 0) is 13.8 Å². The lowest BCUT2D eigenvalue weighted by Crippen LogP contribution is -2.21. The summed E-state index contributed by atoms with van der Waals surface area (Å²) in [5, 5.41) is 0. The zero-order valence-corrected chi connectivity index (χ0v) is 19.3. The zero-order valence-electron chi connectivity index (χ0n) is 17.7. The lowest BCUT2D eigenvalue weighted by atomic mass is 10.4. The SMILES string of the molecule is CC(COCCC(=O)OOC(=O)CCOCC(C)OCCS(=O)(=O)F)OCCS(=O)(=O)F. The summed E-state index contributed by atoms with van der Waals surface area (Å²) < 4.78 is 86.1. The molecule has 0 aliphatic heterocycles. The highest BCUT2D eigenvalue weighted by molar-refractivity contribution is 7.86. The molecule has 12 nitrogen and oxygen atoms in total. The Morgan fingerprint density at radius 3 is 1.34 bits per heavy atom. The predicted octanol–water partition coefficient (Wildman–Crippen LogP) is 0.210. The molecule has 0 N–H and O–H groups in total. The monoisotopic (exact) mass is 514 g/mol. The highest BCUT2D eigenvalue weighted by Crippen LogP contribution is 2.00. The van der Waals surface area contributed by atoms with E-state index in [4.69, 9.17) is 18.9 Å². The molecule has 0 heterocycles. The third kappa shape index (κ3) is 21.8. The average molecular weight is 515 g/mol. The first-order valence-corrected chi connectivity index (χ1v) is 12.5. The van der Waals surface area contributed by atoms with Gasteiger partial charge in [0.05, 0.1) is 64.7 Å². The number of carbonyl (C=O) groups excluding carboxylic acids is 2. The van der Waals surface area contributed by atoms with Crippen LogP contribution >= 0.6 is 0 Å². The molecule has 0 aliphatic carbocycles. The summed E-state index contributed by atoms with van der Waals surface area (Å²) in [6.45, 7) is 2.32. The first-order chi connectivity index (χ1) is 14.8. The predicted molar refractivity (Wildman–Crippen MR) is 104 cm³/mol. The van der Waals surface area contributed by atoms with Crippen molar-refractivity contribution in [3.05, 3.63) is 0 Å². The van der Waals surface area contributed by atoms with Crippen LogP contribution in [0.1, 0.15) is 26.7 Å². The largest absolute Gasteiger partial charge is 0.378 e. The van der Waals surface area contributed by atoms with E-state index in [2.05, 4.69) is 9.78 Å². The molecular formula is C16H28F2O12S2. The van der Waals surface area contributed by atoms with Crippen LogP contribution in [0.3, 0.4) is 0 Å². The molecule has 0 radical (unpaired) electrons. The maximum Gasteiger partial charge on any atom is 0.357 e. The fourth-order valence-electron chi connectivity index (χ4n) is 1.78. The van der Waals surface area contributed by atoms with Crippen LogP contribution in [-0.2, 0) is 58.8 Å². The van der Waals surface area contributed by atoms with Gasteiger partial charge in [0.2, 0.25) is 0 Å². The van der Waals surface area contributed by atoms with E-state index in [1.54, 1.807) is 13.8 Å². The van der Waals surface area contributed by atoms with Gasteiger partial charge in [0.1, 0.15) is 11.5 Å². The number of halogens is 2. The van der Waals surface area contributed by atoms with Crippen molar-refractivity contribution in [2.24, 2.45) is 0 Å². The topological polar surface area (TPSA) is 158 Å². The summed E-state index contributed by atoms with van der Waals surface area (Å²) in [5.74, 6) is -3.28. The molecule has 190 valence electrons. The lowest BCUT2D eigenvalue weighted by Gasteiger charge is -2.12. The molecule has 0 saturated carbocycles. The molecule has 0 amide bonds. The number of hydrogen-bond acceptors (Lipinski definition) is 12. The summed E-state index contributed by atoms with van der Waals surface area (Å²) >= 11 is 0. The van der Waals surface area contributed by atoms with E-state index in [0.29, 0.717) is 0 Å². The molecule has 0 rings (SSSR count). The molecule has 0 aromatic carbocycles. The van der Waals surface area contributed by atoms with E-state index in [-0.39, 0.29) is 52.5 Å². The Labute approximate surface area is 185 Å². The quantitative estimate of drug-likeness (QED) is 0.106. The van der Waals surface area contributed by atoms with Gasteiger partial charge in [-0.3, -0.25) is 0 Å². The van der Waals surface area contributed by atoms with Crippen molar-refractivity contribution >= 4 is 32.4 Å². The molecule has 2 unspecified atom stereocenters. The van der Waals surface area contributed by atoms with Gasteiger partial charge >= 0.3 is 32.4 Å². The molecule has 0 aliphatic rings. The highest BCUT2D eigenvalue weighted by atomic mass is 32.3. The van der Waals surface area contributed by atoms with E-state index in [1.807, 2.05) is 0 Å². The van der Waals surface area contributed by atoms with Crippen LogP contribution in [-0.4, -0.2) is 92.1 Å². The molecular weight excluding hydrogens is 486 g/mol. The van der Waals surface area contributed by atoms with Crippen LogP contribution in [0.4, 0.5) is 7.77 Å². The molecule has 0 fully saturated rings. The van der Waals surface area contributed by atoms with Gasteiger partial charge in [-0.25, -0.2) is 19.4 Å². The van der Waals surface area contributed by atoms with Gasteiger partial charge in [-0.1, -0.05) is 0 Å². The van der Waals surface area contributed by atoms with Crippen LogP contribution in [0, 0.1) is 0 Å². The van der Waals surface area contributed by atoms with Crippen molar-refractivity contribution in [3.63, 3.8) is 0 Å². The minimum Gasteiger partial charge on any atom is -0.378 e. The molecule has 0 saturated heterocycles. The van der Waals surface area contributed by atoms with Gasteiger partial charge in [0, 0.05) is 0 Å². The Bertz CT molecular complexity index is 693. The van der Waals surface area contributed by atoms with E-state index in [9.17, 15) is 34.2 Å². The second-order valence-electron chi connectivity index (χ2n) is 6.41. The van der Waals surface area contributed by atoms with Gasteiger partial charge in [-0.15, -0.1) is 7.77 Å². The maximum absolute atomic E-state index is 12.3. The summed E-state index contributed by atoms with van der Waals surface area (Å²) in [6.07, 6.45) is -1.54. The standard InChI is InChI=1S/C16H28F2O12S2/c1-13(27-7-9-31(17,21)22)11-25-5-3-15(19)29-30-16(20)4-6-26-12-14(2)28-8-10-32(18,23)24/h13-14H,3-12H2,1-2H3. The highest BCUT2D eigenvalue weighted by Gasteiger charge is 2.13. The molecule has 0 aromatic heterocycles. The average Bonchev–Trinajstić information content (AvgIpc) is 2.65. The number of carbonyl (C=O) groups is 2. The van der Waals surface area contributed by atoms with Crippen LogP contribution in [0.25, 0.3) is 0 Å². The molecule has 16 heteroatoms. The van der Waals surface area contributed by atoms with Crippen molar-refractivity contribution in [1.29, 1.82) is 0 Å². The van der Waals surface area contributed by atoms with Crippen LogP contribution in [0.2, 0.25) is 0 Å². The van der Waals surface area contributed by atoms with Crippen LogP contribution in [0.5, 0.6) is 0 Å². The van der Waals surface area contributed by atoms with Gasteiger partial charge < -0.3 is 18.9 Å². The maximum atomic E-state index is 12.3. The van der Waals surface area contributed by atoms with E-state index in [1.165, 1.54) is 0 Å². The van der Waals surface area contributed by atoms with Crippen molar-refractivity contribution < 1.29 is 62.9 Å². The Morgan fingerprint density at radius 1 is 0.688 bits per heavy atom. The second-order valence-corrected chi connectivity index (χ2v) is 9.38. The molecule has 2 atom stereocenters. The van der Waals surface area contributed by atoms with Crippen LogP contribution in [0.15, 0.2) is 0 Å². The number of rotatable bonds is 18. The molecule has 0 bridgehead atoms. The summed E-state index contributed by atoms with van der Waals surface area (Å²) in [6, 6.07) is 0. The fraction of sp³-hybridized carbons (Fsp3) is 0.875. The van der Waals surface area contributed by atoms with E-state index < -0.39 is 56.1 Å². The Kier molecular flexibility index (Phi) is 15.5. The van der Waals surface area contributed by atoms with Crippen LogP contribution < -0.4 is 0 Å². The third-order valence-electron chi connectivity index (χ3n) is 3.29. The van der Waals surface area contributed by atoms with Crippen molar-refractivity contribution in [1.82, 2.24) is 0 Å². The Balaban J connectivity index is 3.68. The zero-order chi connectivity index (χ0) is 24.6. The normalized spacial score (nSPS) is 14.0. The Hall–Kier alpha value is -1.46. The van der Waals surface area contributed by atoms with Gasteiger partial charge in [0.25, 0.3) is 0 Å². The van der Waals surface area contributed by atoms with Gasteiger partial charge in [0.15, 0.2) is 0 Å². The first kappa shape index (κ1) is 30.5. The summed E-state index contributed by atoms with van der Waals surface area (Å²) in [5.41, 5.74) is 0. The first-order valence-electron chi connectivity index (χ1n) is 9.42. The second kappa shape index (κ2) is 16.2. The Morgan fingerprint density at radius 2 is 1.03 bits per heavy atom. The number of ether oxygens (including phenoxy) is 4. The smallest absolute Gasteiger partial charge is 0.357 e. The van der Waals surface area contributed by atoms with Crippen molar-refractivity contribution in [2.75, 3.05) is 51.1 Å². The van der Waals surface area contributed by atoms with Crippen molar-refractivity contribution in [2.45, 2.75) is 38.9 Å². The lowest BCUT2D eigenvalue weighted by molar-refractivity contribution is -0.260. The fourth-order valence-corrected chi connectivity index (χ4v) is 2.37. The minimum absolute atomic E-state index is 0.0163. The van der Waals surface area contributed by atoms with Gasteiger partial charge in [-0.2, -0.15) is 16.8 Å². The molecule has 32 heavy (non-hydrogen) atoms. The molecule has 0 spiro atoms. The van der Waals surface area contributed by atoms with E-state index in [0.717, 1.165) is 0 Å². The van der Waals surface area contributed by atoms with Crippen molar-refractivity contribution in [3.8, 4) is 0 Å². The molecule has 0 aromatic rings. The minimum atomic E-state index is -4.60. The summed E-state index contributed by atoms with van der Waals surface area (Å²) in [7, 11) is -9.20. The summed E-state index contributed by atoms with van der Waals surface area (Å²) in [4.78, 5) is 31.4. The number of hydrogen-bond donors (Lipinski definition) is 0. The third-order valence-corrected chi connectivity index (χ3v) is 4.60.